The highest BCUT2D eigenvalue weighted by molar-refractivity contribution is 5.95. The summed E-state index contributed by atoms with van der Waals surface area (Å²) in [6.07, 6.45) is 9.81. The smallest absolute Gasteiger partial charge is 0.254 e. The topological polar surface area (TPSA) is 51.3 Å². The van der Waals surface area contributed by atoms with Crippen LogP contribution in [0.4, 0.5) is 0 Å². The van der Waals surface area contributed by atoms with Crippen molar-refractivity contribution < 1.29 is 9.21 Å². The molecule has 1 aliphatic rings. The van der Waals surface area contributed by atoms with Crippen LogP contribution in [0.5, 0.6) is 0 Å². The Labute approximate surface area is 159 Å². The van der Waals surface area contributed by atoms with Crippen molar-refractivity contribution in [3.05, 3.63) is 66.4 Å². The summed E-state index contributed by atoms with van der Waals surface area (Å²) in [7, 11) is 0. The average molecular weight is 363 g/mol. The molecular weight excluding hydrogens is 338 g/mol. The Hall–Kier alpha value is -2.82. The number of aromatic nitrogens is 2. The van der Waals surface area contributed by atoms with E-state index >= 15 is 0 Å². The van der Waals surface area contributed by atoms with Gasteiger partial charge in [0.25, 0.3) is 5.91 Å². The van der Waals surface area contributed by atoms with Crippen molar-refractivity contribution in [1.82, 2.24) is 14.5 Å². The van der Waals surface area contributed by atoms with E-state index in [0.717, 1.165) is 55.1 Å². The van der Waals surface area contributed by atoms with Crippen LogP contribution >= 0.6 is 0 Å². The molecule has 1 aliphatic heterocycles. The number of furan rings is 1. The van der Waals surface area contributed by atoms with Crippen LogP contribution in [-0.2, 0) is 6.54 Å². The molecule has 0 unspecified atom stereocenters. The van der Waals surface area contributed by atoms with Gasteiger partial charge in [0.1, 0.15) is 11.6 Å². The fourth-order valence-electron chi connectivity index (χ4n) is 3.88. The number of nitrogens with zero attached hydrogens (tertiary/aromatic N) is 3. The number of hydrogen-bond donors (Lipinski definition) is 0. The Morgan fingerprint density at radius 1 is 1.22 bits per heavy atom. The monoisotopic (exact) mass is 363 g/mol. The third-order valence-electron chi connectivity index (χ3n) is 5.45. The van der Waals surface area contributed by atoms with Gasteiger partial charge in [0.05, 0.1) is 6.26 Å². The number of likely N-dealkylation sites (tertiary alicyclic amines) is 1. The first-order valence-electron chi connectivity index (χ1n) is 9.65. The second kappa shape index (κ2) is 7.82. The lowest BCUT2D eigenvalue weighted by Crippen LogP contribution is -2.44. The van der Waals surface area contributed by atoms with Gasteiger partial charge < -0.3 is 13.9 Å². The van der Waals surface area contributed by atoms with Crippen LogP contribution in [-0.4, -0.2) is 32.9 Å². The van der Waals surface area contributed by atoms with Gasteiger partial charge in [0.2, 0.25) is 0 Å². The number of carbonyl (C=O) groups is 1. The zero-order valence-corrected chi connectivity index (χ0v) is 15.7. The van der Waals surface area contributed by atoms with Gasteiger partial charge in [-0.1, -0.05) is 12.1 Å². The van der Waals surface area contributed by atoms with E-state index in [9.17, 15) is 4.79 Å². The second-order valence-corrected chi connectivity index (χ2v) is 7.16. The molecule has 3 heterocycles. The second-order valence-electron chi connectivity index (χ2n) is 7.16. The van der Waals surface area contributed by atoms with Gasteiger partial charge in [-0.05, 0) is 56.9 Å². The highest BCUT2D eigenvalue weighted by atomic mass is 16.3. The highest BCUT2D eigenvalue weighted by Crippen LogP contribution is 2.25. The van der Waals surface area contributed by atoms with Gasteiger partial charge in [-0.3, -0.25) is 4.79 Å². The van der Waals surface area contributed by atoms with E-state index in [4.69, 9.17) is 4.42 Å². The Morgan fingerprint density at radius 3 is 2.78 bits per heavy atom. The van der Waals surface area contributed by atoms with Crippen LogP contribution in [0.3, 0.4) is 0 Å². The fraction of sp³-hybridized carbons (Fsp3) is 0.364. The summed E-state index contributed by atoms with van der Waals surface area (Å²) in [6.45, 7) is 3.76. The minimum absolute atomic E-state index is 0.132. The highest BCUT2D eigenvalue weighted by Gasteiger charge is 2.27. The van der Waals surface area contributed by atoms with E-state index in [0.29, 0.717) is 0 Å². The molecule has 1 fully saturated rings. The molecule has 1 atom stereocenters. The molecule has 140 valence electrons. The lowest BCUT2D eigenvalue weighted by Gasteiger charge is -2.36. The quantitative estimate of drug-likeness (QED) is 0.669. The molecule has 3 aromatic rings. The molecule has 2 aromatic heterocycles. The molecule has 1 aromatic carbocycles. The Bertz CT molecular complexity index is 881. The van der Waals surface area contributed by atoms with Gasteiger partial charge >= 0.3 is 0 Å². The maximum Gasteiger partial charge on any atom is 0.254 e. The predicted octanol–water partition coefficient (Wildman–Crippen LogP) is 4.54. The van der Waals surface area contributed by atoms with Crippen molar-refractivity contribution in [2.45, 2.75) is 45.2 Å². The van der Waals surface area contributed by atoms with Crippen LogP contribution < -0.4 is 0 Å². The van der Waals surface area contributed by atoms with Crippen molar-refractivity contribution in [1.29, 1.82) is 0 Å². The summed E-state index contributed by atoms with van der Waals surface area (Å²) in [5, 5.41) is 0. The Balaban J connectivity index is 1.46. The molecule has 4 rings (SSSR count). The zero-order chi connectivity index (χ0) is 18.6. The van der Waals surface area contributed by atoms with Crippen molar-refractivity contribution in [3.8, 4) is 11.3 Å². The third kappa shape index (κ3) is 3.82. The first kappa shape index (κ1) is 17.6. The molecule has 0 N–H and O–H groups in total. The Kier molecular flexibility index (Phi) is 5.10. The Morgan fingerprint density at radius 2 is 2.07 bits per heavy atom. The molecule has 5 nitrogen and oxygen atoms in total. The summed E-state index contributed by atoms with van der Waals surface area (Å²) in [5.74, 6) is 1.98. The van der Waals surface area contributed by atoms with Crippen LogP contribution in [0.25, 0.3) is 11.3 Å². The molecule has 27 heavy (non-hydrogen) atoms. The van der Waals surface area contributed by atoms with Crippen LogP contribution in [0, 0.1) is 6.92 Å². The lowest BCUT2D eigenvalue weighted by atomic mass is 9.97. The van der Waals surface area contributed by atoms with Gasteiger partial charge in [-0.15, -0.1) is 0 Å². The standard InChI is InChI=1S/C22H25N3O2/c1-17-23-12-15-24(17)14-11-20-5-2-3-13-25(20)22(26)19-9-7-18(8-10-19)21-6-4-16-27-21/h4,6-10,12,15-16,20H,2-3,5,11,13-14H2,1H3/t20-/m1/s1. The molecule has 0 radical (unpaired) electrons. The van der Waals surface area contributed by atoms with E-state index < -0.39 is 0 Å². The van der Waals surface area contributed by atoms with Crippen molar-refractivity contribution in [3.63, 3.8) is 0 Å². The van der Waals surface area contributed by atoms with Crippen molar-refractivity contribution in [2.75, 3.05) is 6.54 Å². The van der Waals surface area contributed by atoms with Gasteiger partial charge in [0.15, 0.2) is 0 Å². The molecule has 0 spiro atoms. The summed E-state index contributed by atoms with van der Waals surface area (Å²) in [4.78, 5) is 19.5. The summed E-state index contributed by atoms with van der Waals surface area (Å²) in [5.41, 5.74) is 1.73. The number of aryl methyl sites for hydroxylation is 2. The van der Waals surface area contributed by atoms with E-state index in [1.54, 1.807) is 6.26 Å². The number of imidazole rings is 1. The molecule has 5 heteroatoms. The number of piperidine rings is 1. The van der Waals surface area contributed by atoms with Gasteiger partial charge in [-0.2, -0.15) is 0 Å². The number of carbonyl (C=O) groups excluding carboxylic acids is 1. The number of hydrogen-bond acceptors (Lipinski definition) is 3. The number of amides is 1. The summed E-state index contributed by atoms with van der Waals surface area (Å²) in [6, 6.07) is 11.8. The molecule has 1 saturated heterocycles. The van der Waals surface area contributed by atoms with Crippen LogP contribution in [0.15, 0.2) is 59.5 Å². The lowest BCUT2D eigenvalue weighted by molar-refractivity contribution is 0.0595. The predicted molar refractivity (Wildman–Crippen MR) is 104 cm³/mol. The molecule has 0 bridgehead atoms. The molecule has 0 saturated carbocycles. The minimum Gasteiger partial charge on any atom is -0.464 e. The fourth-order valence-corrected chi connectivity index (χ4v) is 3.88. The zero-order valence-electron chi connectivity index (χ0n) is 15.7. The maximum absolute atomic E-state index is 13.1. The first-order valence-corrected chi connectivity index (χ1v) is 9.65. The molecule has 1 amide bonds. The molecular formula is C22H25N3O2. The summed E-state index contributed by atoms with van der Waals surface area (Å²) < 4.78 is 7.59. The summed E-state index contributed by atoms with van der Waals surface area (Å²) >= 11 is 0. The molecule has 0 aliphatic carbocycles. The van der Waals surface area contributed by atoms with Gasteiger partial charge in [-0.25, -0.2) is 4.98 Å². The normalized spacial score (nSPS) is 17.2. The van der Waals surface area contributed by atoms with Crippen LogP contribution in [0.2, 0.25) is 0 Å². The van der Waals surface area contributed by atoms with E-state index in [2.05, 4.69) is 14.5 Å². The number of benzene rings is 1. The van der Waals surface area contributed by atoms with Crippen molar-refractivity contribution in [2.24, 2.45) is 0 Å². The largest absolute Gasteiger partial charge is 0.464 e. The first-order chi connectivity index (χ1) is 13.2. The SMILES string of the molecule is Cc1nccn1CC[C@H]1CCCCN1C(=O)c1ccc(-c2ccco2)cc1. The maximum atomic E-state index is 13.1. The van der Waals surface area contributed by atoms with Crippen molar-refractivity contribution >= 4 is 5.91 Å². The van der Waals surface area contributed by atoms with Gasteiger partial charge in [0, 0.05) is 42.7 Å². The van der Waals surface area contributed by atoms with Crippen LogP contribution in [0.1, 0.15) is 41.9 Å². The minimum atomic E-state index is 0.132. The third-order valence-corrected chi connectivity index (χ3v) is 5.45. The number of rotatable bonds is 5. The van der Waals surface area contributed by atoms with E-state index in [1.165, 1.54) is 6.42 Å². The van der Waals surface area contributed by atoms with E-state index in [-0.39, 0.29) is 11.9 Å². The van der Waals surface area contributed by atoms with E-state index in [1.807, 2.05) is 55.7 Å². The average Bonchev–Trinajstić information content (AvgIpc) is 3.38.